The van der Waals surface area contributed by atoms with Gasteiger partial charge in [0.15, 0.2) is 0 Å². The summed E-state index contributed by atoms with van der Waals surface area (Å²) in [6.45, 7) is 4.61. The van der Waals surface area contributed by atoms with Gasteiger partial charge in [0.25, 0.3) is 0 Å². The van der Waals surface area contributed by atoms with Crippen LogP contribution in [-0.4, -0.2) is 9.97 Å². The molecule has 80 valence electrons. The van der Waals surface area contributed by atoms with Gasteiger partial charge in [-0.3, -0.25) is 0 Å². The quantitative estimate of drug-likeness (QED) is 0.894. The monoisotopic (exact) mass is 239 g/mol. The molecule has 3 nitrogen and oxygen atoms in total. The Labute approximate surface area is 97.0 Å². The lowest BCUT2D eigenvalue weighted by Gasteiger charge is -1.89. The van der Waals surface area contributed by atoms with Crippen LogP contribution in [0.25, 0.3) is 0 Å². The SMILES string of the molecule is Cc1nc(Cc2nc(C)c(CN)s2)cs1. The van der Waals surface area contributed by atoms with Crippen molar-refractivity contribution in [3.05, 3.63) is 31.7 Å². The molecule has 0 aromatic carbocycles. The molecule has 2 rings (SSSR count). The lowest BCUT2D eigenvalue weighted by atomic mass is 10.3. The van der Waals surface area contributed by atoms with Crippen LogP contribution in [0.1, 0.15) is 26.3 Å². The van der Waals surface area contributed by atoms with Gasteiger partial charge in [0, 0.05) is 23.2 Å². The second-order valence-electron chi connectivity index (χ2n) is 3.35. The topological polar surface area (TPSA) is 51.8 Å². The largest absolute Gasteiger partial charge is 0.326 e. The van der Waals surface area contributed by atoms with Gasteiger partial charge in [-0.25, -0.2) is 9.97 Å². The van der Waals surface area contributed by atoms with E-state index in [0.29, 0.717) is 6.54 Å². The average molecular weight is 239 g/mol. The van der Waals surface area contributed by atoms with Gasteiger partial charge >= 0.3 is 0 Å². The average Bonchev–Trinajstić information content (AvgIpc) is 2.73. The van der Waals surface area contributed by atoms with Gasteiger partial charge in [-0.15, -0.1) is 22.7 Å². The molecular formula is C10H13N3S2. The number of rotatable bonds is 3. The molecule has 0 saturated carbocycles. The summed E-state index contributed by atoms with van der Waals surface area (Å²) in [5.74, 6) is 0. The van der Waals surface area contributed by atoms with Crippen LogP contribution in [0, 0.1) is 13.8 Å². The first kappa shape index (κ1) is 10.7. The van der Waals surface area contributed by atoms with E-state index in [1.54, 1.807) is 22.7 Å². The number of hydrogen-bond donors (Lipinski definition) is 1. The molecule has 0 saturated heterocycles. The van der Waals surface area contributed by atoms with Crippen LogP contribution in [0.2, 0.25) is 0 Å². The molecule has 2 aromatic heterocycles. The van der Waals surface area contributed by atoms with Crippen LogP contribution in [-0.2, 0) is 13.0 Å². The Morgan fingerprint density at radius 3 is 2.67 bits per heavy atom. The number of thiazole rings is 2. The highest BCUT2D eigenvalue weighted by molar-refractivity contribution is 7.11. The molecule has 0 aliphatic rings. The minimum Gasteiger partial charge on any atom is -0.326 e. The Morgan fingerprint density at radius 2 is 2.13 bits per heavy atom. The summed E-state index contributed by atoms with van der Waals surface area (Å²) in [6, 6.07) is 0. The minimum absolute atomic E-state index is 0.583. The third-order valence-corrected chi connectivity index (χ3v) is 4.12. The highest BCUT2D eigenvalue weighted by Crippen LogP contribution is 2.20. The maximum atomic E-state index is 5.62. The van der Waals surface area contributed by atoms with Crippen LogP contribution < -0.4 is 5.73 Å². The van der Waals surface area contributed by atoms with E-state index < -0.39 is 0 Å². The highest BCUT2D eigenvalue weighted by Gasteiger charge is 2.08. The fourth-order valence-electron chi connectivity index (χ4n) is 1.40. The lowest BCUT2D eigenvalue weighted by molar-refractivity contribution is 1.02. The van der Waals surface area contributed by atoms with Crippen LogP contribution >= 0.6 is 22.7 Å². The van der Waals surface area contributed by atoms with E-state index in [-0.39, 0.29) is 0 Å². The molecule has 15 heavy (non-hydrogen) atoms. The van der Waals surface area contributed by atoms with Gasteiger partial charge < -0.3 is 5.73 Å². The van der Waals surface area contributed by atoms with E-state index in [1.807, 2.05) is 13.8 Å². The Balaban J connectivity index is 2.17. The van der Waals surface area contributed by atoms with Crippen molar-refractivity contribution in [1.29, 1.82) is 0 Å². The van der Waals surface area contributed by atoms with Crippen molar-refractivity contribution in [3.8, 4) is 0 Å². The Kier molecular flexibility index (Phi) is 3.14. The normalized spacial score (nSPS) is 10.9. The van der Waals surface area contributed by atoms with Gasteiger partial charge in [-0.05, 0) is 13.8 Å². The summed E-state index contributed by atoms with van der Waals surface area (Å²) in [5, 5.41) is 4.31. The molecular weight excluding hydrogens is 226 g/mol. The van der Waals surface area contributed by atoms with Crippen LogP contribution in [0.15, 0.2) is 5.38 Å². The van der Waals surface area contributed by atoms with E-state index in [9.17, 15) is 0 Å². The van der Waals surface area contributed by atoms with E-state index in [1.165, 1.54) is 4.88 Å². The molecule has 2 heterocycles. The van der Waals surface area contributed by atoms with Crippen molar-refractivity contribution in [1.82, 2.24) is 9.97 Å². The van der Waals surface area contributed by atoms with Gasteiger partial charge in [0.2, 0.25) is 0 Å². The second-order valence-corrected chi connectivity index (χ2v) is 5.59. The van der Waals surface area contributed by atoms with Crippen molar-refractivity contribution in [3.63, 3.8) is 0 Å². The first-order valence-electron chi connectivity index (χ1n) is 4.75. The fourth-order valence-corrected chi connectivity index (χ4v) is 2.97. The van der Waals surface area contributed by atoms with Gasteiger partial charge in [0.1, 0.15) is 0 Å². The third-order valence-electron chi connectivity index (χ3n) is 2.12. The van der Waals surface area contributed by atoms with Crippen LogP contribution in [0.4, 0.5) is 0 Å². The second kappa shape index (κ2) is 4.38. The predicted molar refractivity (Wildman–Crippen MR) is 64.4 cm³/mol. The van der Waals surface area contributed by atoms with E-state index in [2.05, 4.69) is 15.3 Å². The Bertz CT molecular complexity index is 459. The van der Waals surface area contributed by atoms with Crippen molar-refractivity contribution < 1.29 is 0 Å². The zero-order chi connectivity index (χ0) is 10.8. The lowest BCUT2D eigenvalue weighted by Crippen LogP contribution is -1.94. The third kappa shape index (κ3) is 2.42. The summed E-state index contributed by atoms with van der Waals surface area (Å²) < 4.78 is 0. The molecule has 0 aliphatic carbocycles. The molecule has 0 atom stereocenters. The smallest absolute Gasteiger partial charge is 0.0991 e. The summed E-state index contributed by atoms with van der Waals surface area (Å²) in [7, 11) is 0. The molecule has 0 fully saturated rings. The summed E-state index contributed by atoms with van der Waals surface area (Å²) in [6.07, 6.45) is 0.829. The summed E-state index contributed by atoms with van der Waals surface area (Å²) >= 11 is 3.37. The highest BCUT2D eigenvalue weighted by atomic mass is 32.1. The molecule has 2 N–H and O–H groups in total. The van der Waals surface area contributed by atoms with Crippen molar-refractivity contribution in [2.75, 3.05) is 0 Å². The molecule has 2 aromatic rings. The van der Waals surface area contributed by atoms with Crippen molar-refractivity contribution in [2.24, 2.45) is 5.73 Å². The fraction of sp³-hybridized carbons (Fsp3) is 0.400. The molecule has 0 unspecified atom stereocenters. The van der Waals surface area contributed by atoms with E-state index in [4.69, 9.17) is 5.73 Å². The Morgan fingerprint density at radius 1 is 1.33 bits per heavy atom. The number of nitrogens with two attached hydrogens (primary N) is 1. The minimum atomic E-state index is 0.583. The first-order valence-corrected chi connectivity index (χ1v) is 6.45. The summed E-state index contributed by atoms with van der Waals surface area (Å²) in [4.78, 5) is 10.1. The van der Waals surface area contributed by atoms with Crippen LogP contribution in [0.5, 0.6) is 0 Å². The maximum absolute atomic E-state index is 5.62. The molecule has 0 radical (unpaired) electrons. The summed E-state index contributed by atoms with van der Waals surface area (Å²) in [5.41, 5.74) is 7.78. The predicted octanol–water partition coefficient (Wildman–Crippen LogP) is 2.27. The van der Waals surface area contributed by atoms with E-state index >= 15 is 0 Å². The molecule has 5 heteroatoms. The maximum Gasteiger partial charge on any atom is 0.0991 e. The molecule has 0 spiro atoms. The van der Waals surface area contributed by atoms with Crippen molar-refractivity contribution in [2.45, 2.75) is 26.8 Å². The first-order chi connectivity index (χ1) is 7.19. The molecule has 0 amide bonds. The van der Waals surface area contributed by atoms with Crippen LogP contribution in [0.3, 0.4) is 0 Å². The zero-order valence-corrected chi connectivity index (χ0v) is 10.4. The zero-order valence-electron chi connectivity index (χ0n) is 8.78. The number of aryl methyl sites for hydroxylation is 2. The molecule has 0 aliphatic heterocycles. The molecule has 0 bridgehead atoms. The van der Waals surface area contributed by atoms with Gasteiger partial charge in [-0.2, -0.15) is 0 Å². The number of hydrogen-bond acceptors (Lipinski definition) is 5. The number of nitrogens with zero attached hydrogens (tertiary/aromatic N) is 2. The van der Waals surface area contributed by atoms with Gasteiger partial charge in [-0.1, -0.05) is 0 Å². The standard InChI is InChI=1S/C10H13N3S2/c1-6-9(4-11)15-10(12-6)3-8-5-14-7(2)13-8/h5H,3-4,11H2,1-2H3. The van der Waals surface area contributed by atoms with Crippen molar-refractivity contribution >= 4 is 22.7 Å². The van der Waals surface area contributed by atoms with Gasteiger partial charge in [0.05, 0.1) is 21.4 Å². The number of aromatic nitrogens is 2. The Hall–Kier alpha value is -0.780. The van der Waals surface area contributed by atoms with E-state index in [0.717, 1.165) is 27.8 Å².